The van der Waals surface area contributed by atoms with Gasteiger partial charge in [-0.3, -0.25) is 0 Å². The third kappa shape index (κ3) is 17.8. The molecule has 29 heavy (non-hydrogen) atoms. The average molecular weight is 527 g/mol. The van der Waals surface area contributed by atoms with Gasteiger partial charge in [0.2, 0.25) is 0 Å². The van der Waals surface area contributed by atoms with Gasteiger partial charge in [-0.05, 0) is 0 Å². The summed E-state index contributed by atoms with van der Waals surface area (Å²) in [6, 6.07) is -0.163. The molecule has 10 heteroatoms. The van der Waals surface area contributed by atoms with Gasteiger partial charge in [0.1, 0.15) is 0 Å². The van der Waals surface area contributed by atoms with Gasteiger partial charge in [-0.25, -0.2) is 0 Å². The van der Waals surface area contributed by atoms with E-state index in [1.165, 1.54) is 0 Å². The summed E-state index contributed by atoms with van der Waals surface area (Å²) < 4.78 is 18.4. The summed E-state index contributed by atoms with van der Waals surface area (Å²) in [4.78, 5) is 1.96. The zero-order valence-electron chi connectivity index (χ0n) is 18.5. The van der Waals surface area contributed by atoms with E-state index in [-0.39, 0.29) is 18.1 Å². The molecular formula is C19H48N6O3Sn. The molecule has 0 spiro atoms. The van der Waals surface area contributed by atoms with E-state index < -0.39 is 19.6 Å². The molecule has 0 saturated heterocycles. The number of hydrogen-bond donors (Lipinski definition) is 6. The molecule has 0 saturated carbocycles. The standard InChI is InChI=1S/3C6H15N2O.CH3.Sn/c3*7-4-2-1-3-6(8)5-9;;/h3*6H,1-5,7-8H2;1H3;/q3*-1;;+3/t3*6-;;/m000../s1. The molecule has 0 aliphatic rings. The topological polar surface area (TPSA) is 184 Å². The molecular weight excluding hydrogens is 479 g/mol. The van der Waals surface area contributed by atoms with Crippen LogP contribution in [0.1, 0.15) is 57.8 Å². The summed E-state index contributed by atoms with van der Waals surface area (Å²) in [5, 5.41) is 0. The van der Waals surface area contributed by atoms with Crippen LogP contribution in [0.5, 0.6) is 0 Å². The summed E-state index contributed by atoms with van der Waals surface area (Å²) in [5.74, 6) is 0. The molecule has 0 fully saturated rings. The Morgan fingerprint density at radius 1 is 0.552 bits per heavy atom. The number of rotatable bonds is 21. The third-order valence-corrected chi connectivity index (χ3v) is 10.7. The molecule has 0 aromatic carbocycles. The first-order valence-electron chi connectivity index (χ1n) is 11.2. The molecule has 0 amide bonds. The second-order valence-corrected chi connectivity index (χ2v) is 15.3. The van der Waals surface area contributed by atoms with Crippen molar-refractivity contribution in [3.05, 3.63) is 0 Å². The summed E-state index contributed by atoms with van der Waals surface area (Å²) in [5.41, 5.74) is 35.2. The Labute approximate surface area is 183 Å². The summed E-state index contributed by atoms with van der Waals surface area (Å²) >= 11 is -3.74. The van der Waals surface area contributed by atoms with E-state index >= 15 is 0 Å². The van der Waals surface area contributed by atoms with Crippen LogP contribution in [0.2, 0.25) is 4.94 Å². The van der Waals surface area contributed by atoms with Crippen LogP contribution in [0.25, 0.3) is 0 Å². The summed E-state index contributed by atoms with van der Waals surface area (Å²) in [6.45, 7) is 3.30. The van der Waals surface area contributed by atoms with E-state index in [0.717, 1.165) is 57.8 Å². The first-order chi connectivity index (χ1) is 13.9. The fourth-order valence-corrected chi connectivity index (χ4v) is 7.94. The predicted octanol–water partition coefficient (Wildman–Crippen LogP) is -0.0262. The maximum absolute atomic E-state index is 6.18. The maximum atomic E-state index is 6.18. The van der Waals surface area contributed by atoms with Crippen LogP contribution in [0.3, 0.4) is 0 Å². The monoisotopic (exact) mass is 528 g/mol. The molecule has 0 aromatic rings. The Morgan fingerprint density at radius 2 is 0.828 bits per heavy atom. The second-order valence-electron chi connectivity index (χ2n) is 7.93. The van der Waals surface area contributed by atoms with Crippen molar-refractivity contribution in [2.24, 2.45) is 34.4 Å². The van der Waals surface area contributed by atoms with E-state index in [1.807, 2.05) is 4.94 Å². The summed E-state index contributed by atoms with van der Waals surface area (Å²) in [7, 11) is 0. The fraction of sp³-hybridized carbons (Fsp3) is 1.00. The van der Waals surface area contributed by atoms with Crippen molar-refractivity contribution in [1.29, 1.82) is 0 Å². The van der Waals surface area contributed by atoms with Crippen molar-refractivity contribution in [1.82, 2.24) is 0 Å². The molecule has 0 unspecified atom stereocenters. The van der Waals surface area contributed by atoms with Crippen molar-refractivity contribution in [2.75, 3.05) is 39.5 Å². The van der Waals surface area contributed by atoms with Crippen LogP contribution in [0, 0.1) is 0 Å². The first kappa shape index (κ1) is 29.4. The Hall–Kier alpha value is 0.439. The van der Waals surface area contributed by atoms with Crippen molar-refractivity contribution < 1.29 is 9.22 Å². The van der Waals surface area contributed by atoms with Gasteiger partial charge < -0.3 is 0 Å². The second kappa shape index (κ2) is 19.1. The summed E-state index contributed by atoms with van der Waals surface area (Å²) in [6.07, 6.45) is 8.50. The Balaban J connectivity index is 4.54. The number of nitrogens with two attached hydrogens (primary N) is 6. The van der Waals surface area contributed by atoms with E-state index in [4.69, 9.17) is 43.6 Å². The van der Waals surface area contributed by atoms with Gasteiger partial charge in [0.05, 0.1) is 0 Å². The molecule has 0 aliphatic heterocycles. The fourth-order valence-electron chi connectivity index (χ4n) is 2.80. The first-order valence-corrected chi connectivity index (χ1v) is 17.5. The van der Waals surface area contributed by atoms with E-state index in [1.54, 1.807) is 0 Å². The Morgan fingerprint density at radius 3 is 1.07 bits per heavy atom. The molecule has 0 bridgehead atoms. The Kier molecular flexibility index (Phi) is 19.4. The zero-order valence-corrected chi connectivity index (χ0v) is 21.4. The van der Waals surface area contributed by atoms with Crippen LogP contribution in [0.4, 0.5) is 0 Å². The van der Waals surface area contributed by atoms with Gasteiger partial charge in [-0.15, -0.1) is 0 Å². The molecule has 0 radical (unpaired) electrons. The van der Waals surface area contributed by atoms with E-state index in [9.17, 15) is 0 Å². The van der Waals surface area contributed by atoms with Crippen molar-refractivity contribution in [3.63, 3.8) is 0 Å². The number of hydrogen-bond acceptors (Lipinski definition) is 9. The molecule has 0 heterocycles. The van der Waals surface area contributed by atoms with Gasteiger partial charge in [-0.2, -0.15) is 0 Å². The van der Waals surface area contributed by atoms with Crippen LogP contribution in [-0.4, -0.2) is 77.2 Å². The van der Waals surface area contributed by atoms with Crippen molar-refractivity contribution in [3.8, 4) is 0 Å². The average Bonchev–Trinajstić information content (AvgIpc) is 2.70. The minimum absolute atomic E-state index is 0.0544. The van der Waals surface area contributed by atoms with Gasteiger partial charge in [0.25, 0.3) is 0 Å². The van der Waals surface area contributed by atoms with Gasteiger partial charge in [0.15, 0.2) is 0 Å². The Bertz CT molecular complexity index is 321. The van der Waals surface area contributed by atoms with Crippen LogP contribution < -0.4 is 34.4 Å². The normalized spacial score (nSPS) is 15.4. The van der Waals surface area contributed by atoms with Gasteiger partial charge >= 0.3 is 184 Å². The van der Waals surface area contributed by atoms with Crippen molar-refractivity contribution >= 4 is 19.6 Å². The van der Waals surface area contributed by atoms with E-state index in [2.05, 4.69) is 0 Å². The van der Waals surface area contributed by atoms with Gasteiger partial charge in [0, 0.05) is 0 Å². The third-order valence-electron chi connectivity index (χ3n) is 4.77. The van der Waals surface area contributed by atoms with Crippen LogP contribution in [0.15, 0.2) is 0 Å². The van der Waals surface area contributed by atoms with E-state index in [0.29, 0.717) is 39.5 Å². The molecule has 0 aliphatic carbocycles. The molecule has 0 aromatic heterocycles. The number of unbranched alkanes of at least 4 members (excludes halogenated alkanes) is 3. The molecule has 9 nitrogen and oxygen atoms in total. The van der Waals surface area contributed by atoms with Crippen molar-refractivity contribution in [2.45, 2.75) is 80.9 Å². The molecule has 0 rings (SSSR count). The molecule has 176 valence electrons. The minimum atomic E-state index is -3.74. The zero-order chi connectivity index (χ0) is 22.0. The van der Waals surface area contributed by atoms with Crippen LogP contribution >= 0.6 is 0 Å². The quantitative estimate of drug-likeness (QED) is 0.0882. The molecule has 12 N–H and O–H groups in total. The van der Waals surface area contributed by atoms with Gasteiger partial charge in [-0.1, -0.05) is 0 Å². The predicted molar refractivity (Wildman–Crippen MR) is 122 cm³/mol. The molecule has 3 atom stereocenters. The van der Waals surface area contributed by atoms with Crippen LogP contribution in [-0.2, 0) is 9.22 Å². The SMILES string of the molecule is [CH3][Sn]([O]C[C@@H](N)CCCCN)([O]C[C@@H](N)CCCCN)[O]C[C@@H](N)CCCCN.